The number of aromatic hydroxyl groups is 1. The summed E-state index contributed by atoms with van der Waals surface area (Å²) < 4.78 is 4.93. The van der Waals surface area contributed by atoms with Crippen molar-refractivity contribution in [2.45, 2.75) is 6.42 Å². The highest BCUT2D eigenvalue weighted by Gasteiger charge is 2.18. The van der Waals surface area contributed by atoms with Crippen LogP contribution in [0.3, 0.4) is 0 Å². The maximum atomic E-state index is 12.2. The van der Waals surface area contributed by atoms with Crippen LogP contribution in [0.5, 0.6) is 5.75 Å². The second-order valence-corrected chi connectivity index (χ2v) is 4.29. The van der Waals surface area contributed by atoms with Crippen molar-refractivity contribution in [1.29, 1.82) is 5.26 Å². The van der Waals surface area contributed by atoms with Crippen molar-refractivity contribution < 1.29 is 14.6 Å². The first-order valence-corrected chi connectivity index (χ1v) is 6.11. The Morgan fingerprint density at radius 3 is 2.84 bits per heavy atom. The second-order valence-electron chi connectivity index (χ2n) is 3.85. The summed E-state index contributed by atoms with van der Waals surface area (Å²) in [5, 5.41) is 18.7. The van der Waals surface area contributed by atoms with E-state index in [1.165, 1.54) is 30.2 Å². The van der Waals surface area contributed by atoms with Gasteiger partial charge < -0.3 is 14.7 Å². The van der Waals surface area contributed by atoms with Gasteiger partial charge in [0.1, 0.15) is 5.75 Å². The number of halogens is 1. The smallest absolute Gasteiger partial charge is 0.257 e. The van der Waals surface area contributed by atoms with Crippen LogP contribution in [0.25, 0.3) is 0 Å². The number of ether oxygens (including phenoxy) is 1. The van der Waals surface area contributed by atoms with E-state index in [2.05, 4.69) is 0 Å². The SMILES string of the molecule is COCCN(CCC#N)C(=O)c1ccc(Cl)cc1O. The minimum atomic E-state index is -0.346. The third kappa shape index (κ3) is 4.43. The van der Waals surface area contributed by atoms with Crippen LogP contribution < -0.4 is 0 Å². The van der Waals surface area contributed by atoms with Crippen molar-refractivity contribution in [2.24, 2.45) is 0 Å². The zero-order valence-electron chi connectivity index (χ0n) is 10.6. The molecule has 5 nitrogen and oxygen atoms in total. The van der Waals surface area contributed by atoms with Crippen LogP contribution in [0, 0.1) is 11.3 Å². The fraction of sp³-hybridized carbons (Fsp3) is 0.385. The van der Waals surface area contributed by atoms with Gasteiger partial charge >= 0.3 is 0 Å². The Morgan fingerprint density at radius 1 is 1.53 bits per heavy atom. The first-order chi connectivity index (χ1) is 9.10. The van der Waals surface area contributed by atoms with Gasteiger partial charge in [0.2, 0.25) is 0 Å². The first-order valence-electron chi connectivity index (χ1n) is 5.73. The lowest BCUT2D eigenvalue weighted by Gasteiger charge is -2.21. The zero-order chi connectivity index (χ0) is 14.3. The van der Waals surface area contributed by atoms with E-state index in [9.17, 15) is 9.90 Å². The van der Waals surface area contributed by atoms with Gasteiger partial charge in [-0.05, 0) is 18.2 Å². The van der Waals surface area contributed by atoms with Crippen molar-refractivity contribution in [3.8, 4) is 11.8 Å². The molecule has 0 atom stereocenters. The number of phenols is 1. The van der Waals surface area contributed by atoms with Gasteiger partial charge in [-0.2, -0.15) is 5.26 Å². The standard InChI is InChI=1S/C13H15ClN2O3/c1-19-8-7-16(6-2-5-15)13(18)11-4-3-10(14)9-12(11)17/h3-4,9,17H,2,6-8H2,1H3. The van der Waals surface area contributed by atoms with E-state index in [1.807, 2.05) is 6.07 Å². The average molecular weight is 283 g/mol. The Balaban J connectivity index is 2.88. The highest BCUT2D eigenvalue weighted by Crippen LogP contribution is 2.23. The Kier molecular flexibility index (Phi) is 6.13. The maximum absolute atomic E-state index is 12.2. The number of rotatable bonds is 6. The quantitative estimate of drug-likeness (QED) is 0.866. The van der Waals surface area contributed by atoms with Gasteiger partial charge in [-0.15, -0.1) is 0 Å². The van der Waals surface area contributed by atoms with Crippen LogP contribution in [0.1, 0.15) is 16.8 Å². The molecule has 0 unspecified atom stereocenters. The predicted octanol–water partition coefficient (Wildman–Crippen LogP) is 2.05. The average Bonchev–Trinajstić information content (AvgIpc) is 2.38. The van der Waals surface area contributed by atoms with Gasteiger partial charge in [0.15, 0.2) is 0 Å². The molecule has 0 heterocycles. The van der Waals surface area contributed by atoms with Crippen LogP contribution in [-0.2, 0) is 4.74 Å². The van der Waals surface area contributed by atoms with E-state index in [-0.39, 0.29) is 23.6 Å². The van der Waals surface area contributed by atoms with Gasteiger partial charge in [0.25, 0.3) is 5.91 Å². The van der Waals surface area contributed by atoms with Crippen LogP contribution >= 0.6 is 11.6 Å². The summed E-state index contributed by atoms with van der Waals surface area (Å²) in [6, 6.07) is 6.30. The second kappa shape index (κ2) is 7.62. The monoisotopic (exact) mass is 282 g/mol. The topological polar surface area (TPSA) is 73.6 Å². The molecule has 1 amide bonds. The lowest BCUT2D eigenvalue weighted by atomic mass is 10.1. The molecule has 0 saturated heterocycles. The summed E-state index contributed by atoms with van der Waals surface area (Å²) in [5.74, 6) is -0.515. The molecule has 0 spiro atoms. The van der Waals surface area contributed by atoms with Crippen LogP contribution in [0.2, 0.25) is 5.02 Å². The van der Waals surface area contributed by atoms with E-state index < -0.39 is 0 Å². The molecular formula is C13H15ClN2O3. The molecule has 0 aromatic heterocycles. The summed E-state index contributed by atoms with van der Waals surface area (Å²) in [6.07, 6.45) is 0.226. The minimum absolute atomic E-state index is 0.165. The molecule has 0 aliphatic rings. The number of phenolic OH excluding ortho intramolecular Hbond substituents is 1. The Hall–Kier alpha value is -1.77. The van der Waals surface area contributed by atoms with Crippen LogP contribution in [-0.4, -0.2) is 42.7 Å². The fourth-order valence-electron chi connectivity index (χ4n) is 1.56. The fourth-order valence-corrected chi connectivity index (χ4v) is 1.72. The number of benzene rings is 1. The van der Waals surface area contributed by atoms with Gasteiger partial charge in [-0.25, -0.2) is 0 Å². The van der Waals surface area contributed by atoms with E-state index in [0.717, 1.165) is 0 Å². The Morgan fingerprint density at radius 2 is 2.26 bits per heavy atom. The number of methoxy groups -OCH3 is 1. The highest BCUT2D eigenvalue weighted by atomic mass is 35.5. The summed E-state index contributed by atoms with van der Waals surface area (Å²) in [6.45, 7) is 1.02. The number of nitrogens with zero attached hydrogens (tertiary/aromatic N) is 2. The number of carbonyl (C=O) groups excluding carboxylic acids is 1. The predicted molar refractivity (Wildman–Crippen MR) is 71.1 cm³/mol. The zero-order valence-corrected chi connectivity index (χ0v) is 11.4. The minimum Gasteiger partial charge on any atom is -0.507 e. The highest BCUT2D eigenvalue weighted by molar-refractivity contribution is 6.30. The number of hydrogen-bond acceptors (Lipinski definition) is 4. The molecule has 102 valence electrons. The molecule has 0 aliphatic carbocycles. The van der Waals surface area contributed by atoms with Crippen molar-refractivity contribution in [2.75, 3.05) is 26.8 Å². The molecule has 1 N–H and O–H groups in total. The molecule has 0 saturated carbocycles. The molecule has 1 aromatic carbocycles. The van der Waals surface area contributed by atoms with Crippen LogP contribution in [0.15, 0.2) is 18.2 Å². The molecule has 6 heteroatoms. The Labute approximate surface area is 117 Å². The van der Waals surface area contributed by atoms with Crippen molar-refractivity contribution >= 4 is 17.5 Å². The lowest BCUT2D eigenvalue weighted by molar-refractivity contribution is 0.0697. The largest absolute Gasteiger partial charge is 0.507 e. The van der Waals surface area contributed by atoms with E-state index in [0.29, 0.717) is 24.7 Å². The summed E-state index contributed by atoms with van der Waals surface area (Å²) in [4.78, 5) is 13.7. The van der Waals surface area contributed by atoms with E-state index in [4.69, 9.17) is 21.6 Å². The van der Waals surface area contributed by atoms with Gasteiger partial charge in [0.05, 0.1) is 24.7 Å². The first kappa shape index (κ1) is 15.3. The van der Waals surface area contributed by atoms with Crippen molar-refractivity contribution in [3.05, 3.63) is 28.8 Å². The summed E-state index contributed by atoms with van der Waals surface area (Å²) >= 11 is 5.72. The molecule has 0 fully saturated rings. The third-order valence-corrected chi connectivity index (χ3v) is 2.77. The van der Waals surface area contributed by atoms with Crippen molar-refractivity contribution in [1.82, 2.24) is 4.90 Å². The molecular weight excluding hydrogens is 268 g/mol. The number of carbonyl (C=O) groups is 1. The summed E-state index contributed by atoms with van der Waals surface area (Å²) in [7, 11) is 1.53. The number of amides is 1. The number of hydrogen-bond donors (Lipinski definition) is 1. The third-order valence-electron chi connectivity index (χ3n) is 2.54. The van der Waals surface area contributed by atoms with Gasteiger partial charge in [-0.1, -0.05) is 11.6 Å². The molecule has 0 aliphatic heterocycles. The molecule has 1 rings (SSSR count). The summed E-state index contributed by atoms with van der Waals surface area (Å²) in [5.41, 5.74) is 0.165. The molecule has 1 aromatic rings. The Bertz CT molecular complexity index is 485. The molecule has 0 radical (unpaired) electrons. The van der Waals surface area contributed by atoms with E-state index >= 15 is 0 Å². The van der Waals surface area contributed by atoms with Gasteiger partial charge in [0, 0.05) is 25.2 Å². The normalized spacial score (nSPS) is 9.95. The van der Waals surface area contributed by atoms with Crippen molar-refractivity contribution in [3.63, 3.8) is 0 Å². The lowest BCUT2D eigenvalue weighted by Crippen LogP contribution is -2.34. The van der Waals surface area contributed by atoms with Crippen LogP contribution in [0.4, 0.5) is 0 Å². The van der Waals surface area contributed by atoms with Gasteiger partial charge in [-0.3, -0.25) is 4.79 Å². The molecule has 0 bridgehead atoms. The maximum Gasteiger partial charge on any atom is 0.257 e. The number of nitriles is 1. The van der Waals surface area contributed by atoms with E-state index in [1.54, 1.807) is 0 Å². The molecule has 19 heavy (non-hydrogen) atoms.